The molecule has 0 spiro atoms. The second-order valence-corrected chi connectivity index (χ2v) is 12.5. The van der Waals surface area contributed by atoms with Gasteiger partial charge in [-0.05, 0) is 55.9 Å². The van der Waals surface area contributed by atoms with Crippen LogP contribution in [0.25, 0.3) is 0 Å². The molecule has 4 rings (SSSR count). The highest BCUT2D eigenvalue weighted by molar-refractivity contribution is 6.57. The lowest BCUT2D eigenvalue weighted by Gasteiger charge is -2.30. The SMILES string of the molecule is [B]C(=O)N1C(c2ccc(OC)cc2OC)O[C@@H](C)C1CC(C)C.[B]C(=O)N1C(c2ccc(OC)cc2OC)O[C@@H](C=C)C1CC(C)C. The van der Waals surface area contributed by atoms with Crippen LogP contribution in [0, 0.1) is 11.8 Å². The van der Waals surface area contributed by atoms with Crippen LogP contribution in [0.1, 0.15) is 71.0 Å². The second-order valence-electron chi connectivity index (χ2n) is 12.5. The van der Waals surface area contributed by atoms with Crippen molar-refractivity contribution in [2.24, 2.45) is 11.8 Å². The van der Waals surface area contributed by atoms with Gasteiger partial charge in [0.05, 0.1) is 52.7 Å². The second kappa shape index (κ2) is 17.0. The van der Waals surface area contributed by atoms with Gasteiger partial charge in [0.15, 0.2) is 24.1 Å². The molecule has 47 heavy (non-hydrogen) atoms. The number of benzene rings is 2. The molecule has 2 fully saturated rings. The molecular formula is C35H48B2N2O8. The van der Waals surface area contributed by atoms with Crippen LogP contribution < -0.4 is 18.9 Å². The van der Waals surface area contributed by atoms with Crippen LogP contribution in [0.4, 0.5) is 9.59 Å². The molecule has 4 unspecified atom stereocenters. The quantitative estimate of drug-likeness (QED) is 0.204. The minimum Gasteiger partial charge on any atom is -0.497 e. The summed E-state index contributed by atoms with van der Waals surface area (Å²) in [5.74, 6) is 2.36. The molecule has 2 heterocycles. The molecule has 10 nitrogen and oxygen atoms in total. The molecule has 2 amide bonds. The predicted molar refractivity (Wildman–Crippen MR) is 183 cm³/mol. The normalized spacial score (nSPS) is 23.7. The van der Waals surface area contributed by atoms with E-state index in [1.54, 1.807) is 62.5 Å². The summed E-state index contributed by atoms with van der Waals surface area (Å²) in [6, 6.07) is 10.6. The minimum atomic E-state index is -0.616. The van der Waals surface area contributed by atoms with E-state index in [-0.39, 0.29) is 24.3 Å². The number of rotatable bonds is 11. The van der Waals surface area contributed by atoms with Crippen LogP contribution in [0.3, 0.4) is 0 Å². The van der Waals surface area contributed by atoms with Crippen molar-refractivity contribution >= 4 is 27.3 Å². The van der Waals surface area contributed by atoms with Gasteiger partial charge in [0, 0.05) is 23.3 Å². The number of ether oxygens (including phenoxy) is 6. The molecule has 2 aliphatic rings. The summed E-state index contributed by atoms with van der Waals surface area (Å²) in [7, 11) is 17.6. The highest BCUT2D eigenvalue weighted by Gasteiger charge is 2.44. The molecule has 0 aliphatic carbocycles. The Bertz CT molecular complexity index is 1370. The van der Waals surface area contributed by atoms with E-state index >= 15 is 0 Å². The Balaban J connectivity index is 0.000000256. The van der Waals surface area contributed by atoms with E-state index in [4.69, 9.17) is 44.1 Å². The van der Waals surface area contributed by atoms with Gasteiger partial charge in [0.25, 0.3) is 0 Å². The van der Waals surface area contributed by atoms with Crippen molar-refractivity contribution in [2.45, 2.75) is 84.2 Å². The summed E-state index contributed by atoms with van der Waals surface area (Å²) in [5, 5.41) is 0. The van der Waals surface area contributed by atoms with E-state index in [9.17, 15) is 9.59 Å². The summed E-state index contributed by atoms with van der Waals surface area (Å²) in [4.78, 5) is 27.4. The average molecular weight is 646 g/mol. The van der Waals surface area contributed by atoms with Gasteiger partial charge < -0.3 is 38.2 Å². The number of hydrogen-bond acceptors (Lipinski definition) is 8. The van der Waals surface area contributed by atoms with Gasteiger partial charge in [-0.15, -0.1) is 6.58 Å². The van der Waals surface area contributed by atoms with Gasteiger partial charge in [-0.25, -0.2) is 0 Å². The first-order valence-corrected chi connectivity index (χ1v) is 15.8. The van der Waals surface area contributed by atoms with E-state index in [2.05, 4.69) is 34.3 Å². The van der Waals surface area contributed by atoms with E-state index in [0.717, 1.165) is 24.0 Å². The van der Waals surface area contributed by atoms with Crippen molar-refractivity contribution in [3.63, 3.8) is 0 Å². The molecule has 2 aromatic carbocycles. The monoisotopic (exact) mass is 646 g/mol. The van der Waals surface area contributed by atoms with Gasteiger partial charge >= 0.3 is 0 Å². The summed E-state index contributed by atoms with van der Waals surface area (Å²) in [5.41, 5.74) is 1.50. The van der Waals surface area contributed by atoms with Crippen molar-refractivity contribution in [1.29, 1.82) is 0 Å². The van der Waals surface area contributed by atoms with Crippen LogP contribution >= 0.6 is 0 Å². The number of methoxy groups -OCH3 is 4. The van der Waals surface area contributed by atoms with Gasteiger partial charge in [0.2, 0.25) is 15.7 Å². The topological polar surface area (TPSA) is 96.0 Å². The third-order valence-corrected chi connectivity index (χ3v) is 8.35. The lowest BCUT2D eigenvalue weighted by molar-refractivity contribution is 0.0189. The summed E-state index contributed by atoms with van der Waals surface area (Å²) in [6.07, 6.45) is 1.78. The zero-order chi connectivity index (χ0) is 35.0. The fraction of sp³-hybridized carbons (Fsp3) is 0.543. The maximum Gasteiger partial charge on any atom is 0.200 e. The molecule has 0 saturated carbocycles. The molecule has 4 radical (unpaired) electrons. The van der Waals surface area contributed by atoms with Crippen molar-refractivity contribution in [3.8, 4) is 23.0 Å². The van der Waals surface area contributed by atoms with Crippen molar-refractivity contribution in [2.75, 3.05) is 28.4 Å². The summed E-state index contributed by atoms with van der Waals surface area (Å²) in [6.45, 7) is 14.2. The summed E-state index contributed by atoms with van der Waals surface area (Å²) >= 11 is 0. The molecule has 0 N–H and O–H groups in total. The average Bonchev–Trinajstić information content (AvgIpc) is 3.56. The van der Waals surface area contributed by atoms with Crippen LogP contribution in [0.15, 0.2) is 49.1 Å². The van der Waals surface area contributed by atoms with Gasteiger partial charge in [-0.3, -0.25) is 9.59 Å². The van der Waals surface area contributed by atoms with E-state index in [1.807, 2.05) is 25.1 Å². The van der Waals surface area contributed by atoms with Gasteiger partial charge in [-0.2, -0.15) is 0 Å². The molecule has 6 atom stereocenters. The van der Waals surface area contributed by atoms with E-state index in [1.165, 1.54) is 0 Å². The Kier molecular flexibility index (Phi) is 13.7. The largest absolute Gasteiger partial charge is 0.497 e. The number of hydrogen-bond donors (Lipinski definition) is 0. The van der Waals surface area contributed by atoms with E-state index < -0.39 is 24.1 Å². The van der Waals surface area contributed by atoms with E-state index in [0.29, 0.717) is 34.8 Å². The fourth-order valence-corrected chi connectivity index (χ4v) is 6.18. The minimum absolute atomic E-state index is 0.0516. The number of carbonyl (C=O) groups excluding carboxylic acids is 2. The molecule has 0 bridgehead atoms. The Morgan fingerprint density at radius 2 is 1.19 bits per heavy atom. The first-order chi connectivity index (χ1) is 22.3. The third-order valence-electron chi connectivity index (χ3n) is 8.35. The Labute approximate surface area is 282 Å². The standard InChI is InChI=1S/C18H24BNO4.C17H24BNO4/c1-6-15-14(9-11(2)3)20(18(19)21)17(24-15)13-8-7-12(22-4)10-16(13)23-5;1-10(2)8-14-11(3)23-16(19(14)17(18)20)13-7-6-12(21-4)9-15(13)22-5/h6-8,10-11,14-15,17H,1,9H2,2-5H3;6-7,9-11,14,16H,8H2,1-5H3/t14?,15-,17?;11-,14?,16?/m00/s1. The highest BCUT2D eigenvalue weighted by atomic mass is 16.5. The lowest BCUT2D eigenvalue weighted by atomic mass is 9.95. The molecule has 12 heteroatoms. The van der Waals surface area contributed by atoms with Crippen LogP contribution in [0.2, 0.25) is 0 Å². The summed E-state index contributed by atoms with van der Waals surface area (Å²) < 4.78 is 33.5. The molecular weight excluding hydrogens is 598 g/mol. The van der Waals surface area contributed by atoms with Gasteiger partial charge in [-0.1, -0.05) is 33.8 Å². The van der Waals surface area contributed by atoms with Crippen molar-refractivity contribution in [1.82, 2.24) is 9.80 Å². The smallest absolute Gasteiger partial charge is 0.200 e. The Hall–Kier alpha value is -3.63. The molecule has 2 aliphatic heterocycles. The zero-order valence-corrected chi connectivity index (χ0v) is 29.1. The highest BCUT2D eigenvalue weighted by Crippen LogP contribution is 2.43. The molecule has 2 saturated heterocycles. The first-order valence-electron chi connectivity index (χ1n) is 15.8. The number of nitrogens with zero attached hydrogens (tertiary/aromatic N) is 2. The van der Waals surface area contributed by atoms with Crippen LogP contribution in [-0.2, 0) is 9.47 Å². The Morgan fingerprint density at radius 3 is 1.57 bits per heavy atom. The lowest BCUT2D eigenvalue weighted by Crippen LogP contribution is -2.40. The third kappa shape index (κ3) is 8.84. The fourth-order valence-electron chi connectivity index (χ4n) is 6.18. The van der Waals surface area contributed by atoms with Gasteiger partial charge in [0.1, 0.15) is 23.0 Å². The molecule has 2 aromatic rings. The maximum absolute atomic E-state index is 12.1. The Morgan fingerprint density at radius 1 is 0.766 bits per heavy atom. The molecule has 0 aromatic heterocycles. The maximum atomic E-state index is 12.1. The van der Waals surface area contributed by atoms with Crippen molar-refractivity contribution < 1.29 is 38.0 Å². The number of carbonyl (C=O) groups is 2. The first kappa shape index (κ1) is 37.8. The predicted octanol–water partition coefficient (Wildman–Crippen LogP) is 6.42. The zero-order valence-electron chi connectivity index (χ0n) is 29.1. The van der Waals surface area contributed by atoms with Crippen molar-refractivity contribution in [3.05, 3.63) is 60.2 Å². The molecule has 252 valence electrons. The van der Waals surface area contributed by atoms with Crippen LogP contribution in [-0.4, -0.2) is 89.8 Å². The number of amides is 2. The van der Waals surface area contributed by atoms with Crippen LogP contribution in [0.5, 0.6) is 23.0 Å².